The second kappa shape index (κ2) is 4.61. The Bertz CT molecular complexity index is 415. The quantitative estimate of drug-likeness (QED) is 0.756. The van der Waals surface area contributed by atoms with Crippen LogP contribution in [-0.4, -0.2) is 26.2 Å². The lowest BCUT2D eigenvalue weighted by Gasteiger charge is -2.27. The fourth-order valence-electron chi connectivity index (χ4n) is 1.18. The van der Waals surface area contributed by atoms with Crippen molar-refractivity contribution in [3.05, 3.63) is 18.0 Å². The molecule has 5 nitrogen and oxygen atoms in total. The highest BCUT2D eigenvalue weighted by atomic mass is 32.1. The number of aromatic nitrogens is 2. The summed E-state index contributed by atoms with van der Waals surface area (Å²) in [4.78, 5) is 12.1. The fraction of sp³-hybridized carbons (Fsp3) is 0.500. The number of rotatable bonds is 4. The molecule has 1 aromatic rings. The Hall–Kier alpha value is -1.43. The number of nitrogens with two attached hydrogens (primary N) is 1. The Labute approximate surface area is 100 Å². The second-order valence-electron chi connectivity index (χ2n) is 3.88. The zero-order chi connectivity index (χ0) is 12.3. The van der Waals surface area contributed by atoms with Crippen LogP contribution in [0.1, 0.15) is 30.8 Å². The molecular formula is C10H16N4OS. The van der Waals surface area contributed by atoms with Gasteiger partial charge in [0.1, 0.15) is 5.69 Å². The van der Waals surface area contributed by atoms with Crippen molar-refractivity contribution in [1.82, 2.24) is 15.1 Å². The monoisotopic (exact) mass is 240 g/mol. The van der Waals surface area contributed by atoms with Gasteiger partial charge in [-0.05, 0) is 19.4 Å². The number of hydrogen-bond donors (Lipinski definition) is 2. The first-order valence-electron chi connectivity index (χ1n) is 5.01. The number of amides is 1. The van der Waals surface area contributed by atoms with Crippen molar-refractivity contribution in [1.29, 1.82) is 0 Å². The Morgan fingerprint density at radius 1 is 1.75 bits per heavy atom. The van der Waals surface area contributed by atoms with E-state index in [1.807, 2.05) is 6.92 Å². The third kappa shape index (κ3) is 2.57. The first-order chi connectivity index (χ1) is 7.39. The summed E-state index contributed by atoms with van der Waals surface area (Å²) < 4.78 is 1.57. The van der Waals surface area contributed by atoms with Gasteiger partial charge in [-0.3, -0.25) is 9.48 Å². The van der Waals surface area contributed by atoms with Gasteiger partial charge in [0.2, 0.25) is 0 Å². The van der Waals surface area contributed by atoms with Crippen molar-refractivity contribution in [2.24, 2.45) is 12.8 Å². The van der Waals surface area contributed by atoms with E-state index in [9.17, 15) is 4.79 Å². The van der Waals surface area contributed by atoms with Crippen LogP contribution in [0.4, 0.5) is 0 Å². The lowest BCUT2D eigenvalue weighted by atomic mass is 9.99. The van der Waals surface area contributed by atoms with E-state index in [4.69, 9.17) is 18.0 Å². The summed E-state index contributed by atoms with van der Waals surface area (Å²) in [5, 5.41) is 6.80. The molecule has 0 bridgehead atoms. The van der Waals surface area contributed by atoms with Gasteiger partial charge in [-0.15, -0.1) is 0 Å². The zero-order valence-electron chi connectivity index (χ0n) is 9.65. The van der Waals surface area contributed by atoms with Crippen molar-refractivity contribution in [2.45, 2.75) is 25.8 Å². The largest absolute Gasteiger partial charge is 0.391 e. The Morgan fingerprint density at radius 2 is 2.38 bits per heavy atom. The van der Waals surface area contributed by atoms with E-state index in [0.29, 0.717) is 12.1 Å². The molecule has 0 fully saturated rings. The summed E-state index contributed by atoms with van der Waals surface area (Å²) >= 11 is 4.94. The molecule has 16 heavy (non-hydrogen) atoms. The van der Waals surface area contributed by atoms with Gasteiger partial charge < -0.3 is 11.1 Å². The van der Waals surface area contributed by atoms with Crippen molar-refractivity contribution in [3.8, 4) is 0 Å². The molecule has 0 aliphatic carbocycles. The van der Waals surface area contributed by atoms with E-state index < -0.39 is 5.54 Å². The van der Waals surface area contributed by atoms with Gasteiger partial charge in [0, 0.05) is 13.2 Å². The highest BCUT2D eigenvalue weighted by Gasteiger charge is 2.28. The standard InChI is InChI=1S/C10H16N4OS/c1-4-10(2,9(11)16)12-8(15)7-5-6-14(3)13-7/h5-6H,4H2,1-3H3,(H2,11,16)(H,12,15). The fourth-order valence-corrected chi connectivity index (χ4v) is 1.37. The molecule has 0 aliphatic heterocycles. The number of carbonyl (C=O) groups is 1. The van der Waals surface area contributed by atoms with Crippen molar-refractivity contribution in [3.63, 3.8) is 0 Å². The molecule has 3 N–H and O–H groups in total. The van der Waals surface area contributed by atoms with Gasteiger partial charge in [-0.2, -0.15) is 5.10 Å². The minimum absolute atomic E-state index is 0.266. The SMILES string of the molecule is CCC(C)(NC(=O)c1ccn(C)n1)C(N)=S. The van der Waals surface area contributed by atoms with Gasteiger partial charge in [0.05, 0.1) is 10.5 Å². The average molecular weight is 240 g/mol. The van der Waals surface area contributed by atoms with Crippen LogP contribution in [0.2, 0.25) is 0 Å². The number of carbonyl (C=O) groups excluding carboxylic acids is 1. The van der Waals surface area contributed by atoms with Crippen LogP contribution < -0.4 is 11.1 Å². The van der Waals surface area contributed by atoms with E-state index in [0.717, 1.165) is 0 Å². The van der Waals surface area contributed by atoms with Gasteiger partial charge in [-0.1, -0.05) is 19.1 Å². The molecule has 6 heteroatoms. The zero-order valence-corrected chi connectivity index (χ0v) is 10.5. The molecule has 88 valence electrons. The average Bonchev–Trinajstić information content (AvgIpc) is 2.64. The van der Waals surface area contributed by atoms with Gasteiger partial charge in [-0.25, -0.2) is 0 Å². The molecule has 1 heterocycles. The van der Waals surface area contributed by atoms with E-state index in [1.54, 1.807) is 30.9 Å². The summed E-state index contributed by atoms with van der Waals surface area (Å²) in [6.45, 7) is 3.72. The molecule has 1 unspecified atom stereocenters. The molecule has 0 aromatic carbocycles. The van der Waals surface area contributed by atoms with Crippen molar-refractivity contribution >= 4 is 23.1 Å². The third-order valence-electron chi connectivity index (χ3n) is 2.59. The predicted molar refractivity (Wildman–Crippen MR) is 66.2 cm³/mol. The lowest BCUT2D eigenvalue weighted by molar-refractivity contribution is 0.0920. The summed E-state index contributed by atoms with van der Waals surface area (Å²) in [5.41, 5.74) is 5.30. The normalized spacial score (nSPS) is 14.2. The van der Waals surface area contributed by atoms with Gasteiger partial charge in [0.25, 0.3) is 5.91 Å². The Morgan fingerprint density at radius 3 is 2.75 bits per heavy atom. The highest BCUT2D eigenvalue weighted by Crippen LogP contribution is 2.10. The van der Waals surface area contributed by atoms with Crippen LogP contribution >= 0.6 is 12.2 Å². The number of aryl methyl sites for hydroxylation is 1. The summed E-state index contributed by atoms with van der Waals surface area (Å²) in [5.74, 6) is -0.266. The topological polar surface area (TPSA) is 72.9 Å². The molecule has 0 radical (unpaired) electrons. The first-order valence-corrected chi connectivity index (χ1v) is 5.42. The molecule has 1 atom stereocenters. The van der Waals surface area contributed by atoms with Crippen LogP contribution in [0.15, 0.2) is 12.3 Å². The van der Waals surface area contributed by atoms with Crippen LogP contribution in [0.25, 0.3) is 0 Å². The van der Waals surface area contributed by atoms with Gasteiger partial charge >= 0.3 is 0 Å². The molecule has 1 rings (SSSR count). The maximum Gasteiger partial charge on any atom is 0.272 e. The van der Waals surface area contributed by atoms with Crippen LogP contribution in [-0.2, 0) is 7.05 Å². The number of nitrogens with one attached hydrogen (secondary N) is 1. The number of nitrogens with zero attached hydrogens (tertiary/aromatic N) is 2. The Kier molecular flexibility index (Phi) is 3.64. The van der Waals surface area contributed by atoms with Crippen LogP contribution in [0, 0.1) is 0 Å². The molecule has 0 saturated heterocycles. The van der Waals surface area contributed by atoms with Gasteiger partial charge in [0.15, 0.2) is 0 Å². The minimum Gasteiger partial charge on any atom is -0.391 e. The van der Waals surface area contributed by atoms with E-state index in [-0.39, 0.29) is 10.9 Å². The van der Waals surface area contributed by atoms with Crippen molar-refractivity contribution < 1.29 is 4.79 Å². The maximum atomic E-state index is 11.8. The minimum atomic E-state index is -0.663. The van der Waals surface area contributed by atoms with Crippen LogP contribution in [0.3, 0.4) is 0 Å². The third-order valence-corrected chi connectivity index (χ3v) is 3.04. The number of hydrogen-bond acceptors (Lipinski definition) is 3. The van der Waals surface area contributed by atoms with E-state index in [2.05, 4.69) is 10.4 Å². The second-order valence-corrected chi connectivity index (χ2v) is 4.32. The van der Waals surface area contributed by atoms with E-state index >= 15 is 0 Å². The smallest absolute Gasteiger partial charge is 0.272 e. The Balaban J connectivity index is 2.81. The lowest BCUT2D eigenvalue weighted by Crippen LogP contribution is -2.54. The number of thiocarbonyl (C=S) groups is 1. The molecule has 1 aromatic heterocycles. The van der Waals surface area contributed by atoms with Crippen LogP contribution in [0.5, 0.6) is 0 Å². The molecule has 0 aliphatic rings. The summed E-state index contributed by atoms with van der Waals surface area (Å²) in [6.07, 6.45) is 2.35. The molecule has 1 amide bonds. The maximum absolute atomic E-state index is 11.8. The summed E-state index contributed by atoms with van der Waals surface area (Å²) in [7, 11) is 1.75. The highest BCUT2D eigenvalue weighted by molar-refractivity contribution is 7.80. The summed E-state index contributed by atoms with van der Waals surface area (Å²) in [6, 6.07) is 1.64. The molecular weight excluding hydrogens is 224 g/mol. The molecule has 0 saturated carbocycles. The van der Waals surface area contributed by atoms with Crippen molar-refractivity contribution in [2.75, 3.05) is 0 Å². The van der Waals surface area contributed by atoms with E-state index in [1.165, 1.54) is 0 Å². The predicted octanol–water partition coefficient (Wildman–Crippen LogP) is 0.605. The molecule has 0 spiro atoms. The first kappa shape index (κ1) is 12.6.